The molecule has 0 amide bonds. The summed E-state index contributed by atoms with van der Waals surface area (Å²) in [4.78, 5) is 21.9. The van der Waals surface area contributed by atoms with Crippen molar-refractivity contribution in [2.24, 2.45) is 5.90 Å². The van der Waals surface area contributed by atoms with Crippen molar-refractivity contribution in [2.75, 3.05) is 0 Å². The maximum absolute atomic E-state index is 11.2. The van der Waals surface area contributed by atoms with Gasteiger partial charge in [-0.15, -0.1) is 0 Å². The molecule has 0 spiro atoms. The zero-order valence-corrected chi connectivity index (χ0v) is 8.48. The van der Waals surface area contributed by atoms with E-state index in [9.17, 15) is 18.4 Å². The van der Waals surface area contributed by atoms with Gasteiger partial charge in [0.05, 0.1) is 15.7 Å². The molecule has 1 atom stereocenters. The van der Waals surface area contributed by atoms with Gasteiger partial charge < -0.3 is 4.74 Å². The lowest BCUT2D eigenvalue weighted by Gasteiger charge is -1.96. The lowest BCUT2D eigenvalue weighted by molar-refractivity contribution is 0.0443. The number of nitrogens with two attached hydrogens (primary N) is 1. The van der Waals surface area contributed by atoms with Crippen LogP contribution in [0.2, 0.25) is 0 Å². The average Bonchev–Trinajstić information content (AvgIpc) is 2.54. The fraction of sp³-hybridized carbons (Fsp3) is 0. The quantitative estimate of drug-likeness (QED) is 0.338. The van der Waals surface area contributed by atoms with E-state index < -0.39 is 22.4 Å². The molecule has 1 aliphatic heterocycles. The largest absolute Gasteiger partial charge is 0.447 e. The van der Waals surface area contributed by atoms with Crippen LogP contribution in [0.25, 0.3) is 0 Å². The number of hydrogen-bond acceptors (Lipinski definition) is 6. The standard InChI is InChI=1S/C8H5NO6S/c9-15-16(12,13)4-1-2-5-6(3-4)8(11)14-7(5)10/h1-3H,9H2/q+1. The summed E-state index contributed by atoms with van der Waals surface area (Å²) in [6.45, 7) is 0. The van der Waals surface area contributed by atoms with Crippen LogP contribution in [0, 0.1) is 0 Å². The Morgan fingerprint density at radius 3 is 2.44 bits per heavy atom. The first-order valence-corrected chi connectivity index (χ1v) is 5.40. The molecule has 2 rings (SSSR count). The SMILES string of the molecule is NO[S+]([O])(=O)c1ccc2c(c1)C(=O)OC2=O. The molecule has 0 saturated carbocycles. The number of carbonyl (C=O) groups is 2. The zero-order chi connectivity index (χ0) is 11.9. The number of rotatable bonds is 2. The molecule has 8 heteroatoms. The number of carbonyl (C=O) groups excluding carboxylic acids is 2. The van der Waals surface area contributed by atoms with Gasteiger partial charge in [0.15, 0.2) is 0 Å². The summed E-state index contributed by atoms with van der Waals surface area (Å²) >= 11 is 0. The van der Waals surface area contributed by atoms with Crippen molar-refractivity contribution in [3.05, 3.63) is 29.3 Å². The second kappa shape index (κ2) is 3.46. The minimum absolute atomic E-state index is 0.0148. The molecule has 0 saturated heterocycles. The van der Waals surface area contributed by atoms with Gasteiger partial charge in [-0.05, 0) is 14.6 Å². The molecule has 0 aliphatic carbocycles. The minimum atomic E-state index is -4.10. The highest BCUT2D eigenvalue weighted by atomic mass is 32.3. The van der Waals surface area contributed by atoms with Crippen molar-refractivity contribution >= 4 is 22.4 Å². The lowest BCUT2D eigenvalue weighted by atomic mass is 10.1. The van der Waals surface area contributed by atoms with E-state index in [-0.39, 0.29) is 16.0 Å². The Balaban J connectivity index is 2.57. The van der Waals surface area contributed by atoms with E-state index in [2.05, 4.69) is 14.9 Å². The van der Waals surface area contributed by atoms with Crippen LogP contribution in [0.15, 0.2) is 23.1 Å². The van der Waals surface area contributed by atoms with Gasteiger partial charge in [0.1, 0.15) is 0 Å². The van der Waals surface area contributed by atoms with E-state index in [1.165, 1.54) is 0 Å². The number of cyclic esters (lactones) is 2. The molecule has 2 N–H and O–H groups in total. The second-order valence-corrected chi connectivity index (χ2v) is 4.51. The molecule has 1 unspecified atom stereocenters. The Morgan fingerprint density at radius 2 is 1.81 bits per heavy atom. The Bertz CT molecular complexity index is 539. The highest BCUT2D eigenvalue weighted by molar-refractivity contribution is 7.92. The van der Waals surface area contributed by atoms with Crippen molar-refractivity contribution in [3.63, 3.8) is 0 Å². The molecular weight excluding hydrogens is 238 g/mol. The van der Waals surface area contributed by atoms with Gasteiger partial charge in [0.25, 0.3) is 0 Å². The first kappa shape index (κ1) is 10.9. The van der Waals surface area contributed by atoms with E-state index in [1.807, 2.05) is 0 Å². The molecule has 1 radical (unpaired) electrons. The van der Waals surface area contributed by atoms with Crippen molar-refractivity contribution in [3.8, 4) is 0 Å². The van der Waals surface area contributed by atoms with E-state index >= 15 is 0 Å². The molecular formula is C8H5NO6S+. The van der Waals surface area contributed by atoms with Crippen LogP contribution in [-0.2, 0) is 28.3 Å². The number of fused-ring (bicyclic) bond motifs is 1. The van der Waals surface area contributed by atoms with E-state index in [4.69, 9.17) is 0 Å². The average molecular weight is 243 g/mol. The van der Waals surface area contributed by atoms with Crippen LogP contribution in [0.5, 0.6) is 0 Å². The predicted octanol–water partition coefficient (Wildman–Crippen LogP) is 0.00640. The fourth-order valence-corrected chi connectivity index (χ4v) is 1.88. The zero-order valence-electron chi connectivity index (χ0n) is 7.67. The number of ether oxygens (including phenoxy) is 1. The summed E-state index contributed by atoms with van der Waals surface area (Å²) < 4.78 is 30.5. The van der Waals surface area contributed by atoms with E-state index in [1.54, 1.807) is 0 Å². The molecule has 1 aromatic rings. The normalized spacial score (nSPS) is 17.9. The van der Waals surface area contributed by atoms with Gasteiger partial charge in [-0.3, -0.25) is 0 Å². The van der Waals surface area contributed by atoms with Crippen molar-refractivity contribution in [1.29, 1.82) is 0 Å². The third-order valence-corrected chi connectivity index (χ3v) is 3.12. The third kappa shape index (κ3) is 1.53. The molecule has 1 aromatic carbocycles. The topological polar surface area (TPSA) is 116 Å². The van der Waals surface area contributed by atoms with Crippen LogP contribution in [-0.4, -0.2) is 11.9 Å². The Morgan fingerprint density at radius 1 is 1.19 bits per heavy atom. The van der Waals surface area contributed by atoms with Crippen LogP contribution < -0.4 is 5.90 Å². The van der Waals surface area contributed by atoms with Crippen LogP contribution in [0.1, 0.15) is 20.7 Å². The van der Waals surface area contributed by atoms with Crippen LogP contribution >= 0.6 is 0 Å². The van der Waals surface area contributed by atoms with Crippen molar-refractivity contribution in [1.82, 2.24) is 0 Å². The monoisotopic (exact) mass is 243 g/mol. The van der Waals surface area contributed by atoms with Crippen LogP contribution in [0.3, 0.4) is 0 Å². The fourth-order valence-electron chi connectivity index (χ4n) is 1.28. The molecule has 0 aromatic heterocycles. The van der Waals surface area contributed by atoms with Crippen molar-refractivity contribution in [2.45, 2.75) is 4.90 Å². The molecule has 1 heterocycles. The molecule has 83 valence electrons. The van der Waals surface area contributed by atoms with Gasteiger partial charge >= 0.3 is 22.4 Å². The summed E-state index contributed by atoms with van der Waals surface area (Å²) in [5, 5.41) is 0. The third-order valence-electron chi connectivity index (χ3n) is 2.03. The van der Waals surface area contributed by atoms with Gasteiger partial charge in [0, 0.05) is 12.1 Å². The first-order chi connectivity index (χ1) is 7.45. The maximum Gasteiger partial charge on any atom is 0.447 e. The van der Waals surface area contributed by atoms with Gasteiger partial charge in [-0.25, -0.2) is 9.59 Å². The highest BCUT2D eigenvalue weighted by Crippen LogP contribution is 2.25. The summed E-state index contributed by atoms with van der Waals surface area (Å²) in [5.74, 6) is 2.87. The molecule has 0 fully saturated rings. The minimum Gasteiger partial charge on any atom is -0.386 e. The molecule has 0 bridgehead atoms. The summed E-state index contributed by atoms with van der Waals surface area (Å²) in [5.41, 5.74) is -0.107. The van der Waals surface area contributed by atoms with Gasteiger partial charge in [-0.2, -0.15) is 5.90 Å². The summed E-state index contributed by atoms with van der Waals surface area (Å²) in [6, 6.07) is 3.24. The first-order valence-electron chi connectivity index (χ1n) is 3.99. The molecule has 1 aliphatic rings. The number of hydrogen-bond donors (Lipinski definition) is 1. The molecule has 16 heavy (non-hydrogen) atoms. The second-order valence-electron chi connectivity index (χ2n) is 2.93. The smallest absolute Gasteiger partial charge is 0.386 e. The Hall–Kier alpha value is -1.61. The lowest BCUT2D eigenvalue weighted by Crippen LogP contribution is -2.17. The van der Waals surface area contributed by atoms with Crippen LogP contribution in [0.4, 0.5) is 0 Å². The summed E-state index contributed by atoms with van der Waals surface area (Å²) in [6.07, 6.45) is 0. The maximum atomic E-state index is 11.2. The van der Waals surface area contributed by atoms with Gasteiger partial charge in [0.2, 0.25) is 4.90 Å². The summed E-state index contributed by atoms with van der Waals surface area (Å²) in [7, 11) is -4.10. The highest BCUT2D eigenvalue weighted by Gasteiger charge is 2.38. The predicted molar refractivity (Wildman–Crippen MR) is 48.5 cm³/mol. The van der Waals surface area contributed by atoms with Gasteiger partial charge in [-0.1, -0.05) is 0 Å². The number of benzene rings is 1. The molecule has 7 nitrogen and oxygen atoms in total. The Labute approximate surface area is 90.6 Å². The van der Waals surface area contributed by atoms with Crippen molar-refractivity contribution < 1.29 is 27.4 Å². The van der Waals surface area contributed by atoms with E-state index in [0.29, 0.717) is 0 Å². The van der Waals surface area contributed by atoms with E-state index in [0.717, 1.165) is 18.2 Å². The number of esters is 2. The Kier molecular flexibility index (Phi) is 2.35.